The summed E-state index contributed by atoms with van der Waals surface area (Å²) in [6, 6.07) is 8.57. The average Bonchev–Trinajstić information content (AvgIpc) is 2.59. The van der Waals surface area contributed by atoms with Crippen molar-refractivity contribution in [1.29, 1.82) is 5.39 Å². The Hall–Kier alpha value is -1.76. The van der Waals surface area contributed by atoms with Crippen LogP contribution in [0.15, 0.2) is 46.6 Å². The molecule has 0 fully saturated rings. The minimum atomic E-state index is -0.494. The molecule has 2 aromatic carbocycles. The molecule has 0 bridgehead atoms. The standard InChI is InChI=1S/C14H12N5O4.4ClH.Zn/c1-22-13-8-12(14(23-2)7-11(13)16-15)18-17-9-3-5-10(6-4-9)19(20)21;;;;;/h3-8H,1-2H3;4*1H;/q+1;;;;;+2/p-4. The van der Waals surface area contributed by atoms with Crippen LogP contribution in [0.3, 0.4) is 0 Å². The Labute approximate surface area is 198 Å². The van der Waals surface area contributed by atoms with Crippen molar-refractivity contribution in [2.45, 2.75) is 0 Å². The van der Waals surface area contributed by atoms with Crippen LogP contribution in [-0.2, 0) is 19.5 Å². The molecule has 0 unspecified atom stereocenters. The normalized spacial score (nSPS) is 8.46. The molecule has 0 amide bonds. The molecule has 14 heteroatoms. The summed E-state index contributed by atoms with van der Waals surface area (Å²) in [5, 5.41) is 27.5. The predicted octanol–water partition coefficient (Wildman–Crippen LogP) is -7.47. The predicted molar refractivity (Wildman–Crippen MR) is 81.6 cm³/mol. The van der Waals surface area contributed by atoms with Crippen LogP contribution in [0.1, 0.15) is 0 Å². The smallest absolute Gasteiger partial charge is 1.00 e. The zero-order valence-electron chi connectivity index (χ0n) is 14.6. The maximum Gasteiger partial charge on any atom is 2.00 e. The number of rotatable bonds is 5. The number of ether oxygens (including phenoxy) is 2. The fourth-order valence-corrected chi connectivity index (χ4v) is 1.77. The van der Waals surface area contributed by atoms with Gasteiger partial charge in [-0.1, -0.05) is 0 Å². The first-order chi connectivity index (χ1) is 11.1. The van der Waals surface area contributed by atoms with Crippen molar-refractivity contribution in [3.05, 3.63) is 51.5 Å². The summed E-state index contributed by atoms with van der Waals surface area (Å²) >= 11 is 0. The van der Waals surface area contributed by atoms with Gasteiger partial charge >= 0.3 is 25.2 Å². The Morgan fingerprint density at radius 1 is 0.964 bits per heavy atom. The Morgan fingerprint density at radius 3 is 1.93 bits per heavy atom. The first kappa shape index (κ1) is 33.8. The van der Waals surface area contributed by atoms with E-state index in [0.29, 0.717) is 22.9 Å². The summed E-state index contributed by atoms with van der Waals surface area (Å²) in [6.07, 6.45) is 0. The number of nitrogens with zero attached hydrogens (tertiary/aromatic N) is 5. The van der Waals surface area contributed by atoms with Crippen molar-refractivity contribution in [1.82, 2.24) is 0 Å². The van der Waals surface area contributed by atoms with Crippen molar-refractivity contribution < 1.29 is 83.5 Å². The molecule has 0 aliphatic rings. The minimum absolute atomic E-state index is 0. The van der Waals surface area contributed by atoms with Gasteiger partial charge in [0.25, 0.3) is 5.69 Å². The second kappa shape index (κ2) is 16.2. The summed E-state index contributed by atoms with van der Waals surface area (Å²) < 4.78 is 10.2. The van der Waals surface area contributed by atoms with Crippen LogP contribution in [0.25, 0.3) is 4.98 Å². The van der Waals surface area contributed by atoms with Gasteiger partial charge in [0.1, 0.15) is 5.69 Å². The SMILES string of the molecule is COc1cc([N+]#N)c(OC)cc1N=Nc1ccc([N+](=O)[O-])cc1.[Cl-].[Cl-].[Cl-].[Cl-].[Zn+2]. The summed E-state index contributed by atoms with van der Waals surface area (Å²) in [6.45, 7) is 0. The van der Waals surface area contributed by atoms with Crippen molar-refractivity contribution in [2.24, 2.45) is 10.2 Å². The van der Waals surface area contributed by atoms with Gasteiger partial charge in [-0.2, -0.15) is 5.11 Å². The number of halogens is 4. The Kier molecular flexibility index (Phi) is 19.6. The molecular weight excluding hydrogens is 509 g/mol. The summed E-state index contributed by atoms with van der Waals surface area (Å²) in [4.78, 5) is 13.2. The zero-order valence-corrected chi connectivity index (χ0v) is 20.5. The number of azo groups is 1. The van der Waals surface area contributed by atoms with Crippen LogP contribution in [0.2, 0.25) is 0 Å². The maximum absolute atomic E-state index is 10.6. The van der Waals surface area contributed by atoms with Gasteiger partial charge in [0.15, 0.2) is 10.7 Å². The zero-order chi connectivity index (χ0) is 16.8. The van der Waals surface area contributed by atoms with E-state index in [1.807, 2.05) is 0 Å². The van der Waals surface area contributed by atoms with E-state index in [4.69, 9.17) is 14.9 Å². The Balaban J connectivity index is -0.000000576. The minimum Gasteiger partial charge on any atom is -1.00 e. The largest absolute Gasteiger partial charge is 2.00 e. The van der Waals surface area contributed by atoms with Crippen LogP contribution >= 0.6 is 0 Å². The fraction of sp³-hybridized carbons (Fsp3) is 0.143. The number of non-ortho nitro benzene ring substituents is 1. The summed E-state index contributed by atoms with van der Waals surface area (Å²) in [5.41, 5.74) is 0.957. The fourth-order valence-electron chi connectivity index (χ4n) is 1.77. The average molecular weight is 521 g/mol. The molecule has 0 N–H and O–H groups in total. The molecule has 2 rings (SSSR count). The van der Waals surface area contributed by atoms with Crippen molar-refractivity contribution in [3.63, 3.8) is 0 Å². The van der Waals surface area contributed by atoms with Gasteiger partial charge in [0.05, 0.1) is 30.9 Å². The number of diazo groups is 1. The van der Waals surface area contributed by atoms with Crippen molar-refractivity contribution in [3.8, 4) is 11.5 Å². The Bertz CT molecular complexity index is 819. The molecule has 0 spiro atoms. The number of benzene rings is 2. The second-order valence-corrected chi connectivity index (χ2v) is 4.27. The van der Waals surface area contributed by atoms with E-state index in [0.717, 1.165) is 0 Å². The third-order valence-electron chi connectivity index (χ3n) is 2.92. The second-order valence-electron chi connectivity index (χ2n) is 4.27. The van der Waals surface area contributed by atoms with Gasteiger partial charge in [-0.3, -0.25) is 10.1 Å². The molecule has 0 aliphatic carbocycles. The number of nitro groups is 1. The third-order valence-corrected chi connectivity index (χ3v) is 2.92. The third kappa shape index (κ3) is 8.50. The molecule has 0 atom stereocenters. The quantitative estimate of drug-likeness (QED) is 0.128. The Morgan fingerprint density at radius 2 is 1.50 bits per heavy atom. The van der Waals surface area contributed by atoms with Crippen molar-refractivity contribution >= 4 is 22.7 Å². The molecule has 9 nitrogen and oxygen atoms in total. The van der Waals surface area contributed by atoms with Crippen LogP contribution in [0, 0.1) is 15.5 Å². The monoisotopic (exact) mass is 518 g/mol. The molecule has 0 heterocycles. The molecule has 0 saturated heterocycles. The molecule has 148 valence electrons. The topological polar surface area (TPSA) is 114 Å². The van der Waals surface area contributed by atoms with Crippen LogP contribution in [0.5, 0.6) is 11.5 Å². The van der Waals surface area contributed by atoms with Gasteiger partial charge in [-0.05, 0) is 12.1 Å². The molecule has 0 aliphatic heterocycles. The van der Waals surface area contributed by atoms with E-state index in [1.165, 1.54) is 50.6 Å². The first-order valence-electron chi connectivity index (χ1n) is 6.36. The van der Waals surface area contributed by atoms with Gasteiger partial charge in [0.2, 0.25) is 11.1 Å². The van der Waals surface area contributed by atoms with Crippen LogP contribution in [-0.4, -0.2) is 19.1 Å². The maximum atomic E-state index is 10.6. The number of methoxy groups -OCH3 is 2. The van der Waals surface area contributed by atoms with Crippen LogP contribution in [0.4, 0.5) is 22.7 Å². The van der Waals surface area contributed by atoms with Crippen LogP contribution < -0.4 is 59.1 Å². The number of hydrogen-bond donors (Lipinski definition) is 0. The molecule has 2 aromatic rings. The summed E-state index contributed by atoms with van der Waals surface area (Å²) in [7, 11) is 2.86. The molecular formula is C14H12Cl4N5O4Zn-. The van der Waals surface area contributed by atoms with E-state index in [1.54, 1.807) is 0 Å². The number of hydrogen-bond acceptors (Lipinski definition) is 7. The molecule has 0 saturated carbocycles. The molecule has 0 aromatic heterocycles. The van der Waals surface area contributed by atoms with E-state index in [2.05, 4.69) is 15.2 Å². The first-order valence-corrected chi connectivity index (χ1v) is 6.36. The van der Waals surface area contributed by atoms with E-state index in [9.17, 15) is 10.1 Å². The van der Waals surface area contributed by atoms with E-state index < -0.39 is 4.92 Å². The molecule has 0 radical (unpaired) electrons. The molecule has 28 heavy (non-hydrogen) atoms. The van der Waals surface area contributed by atoms with Gasteiger partial charge in [-0.15, -0.1) is 5.11 Å². The number of nitro benzene ring substituents is 1. The summed E-state index contributed by atoms with van der Waals surface area (Å²) in [5.74, 6) is 0.634. The van der Waals surface area contributed by atoms with Gasteiger partial charge in [-0.25, -0.2) is 0 Å². The van der Waals surface area contributed by atoms with Gasteiger partial charge in [0, 0.05) is 18.2 Å². The van der Waals surface area contributed by atoms with Crippen molar-refractivity contribution in [2.75, 3.05) is 14.2 Å². The van der Waals surface area contributed by atoms with E-state index >= 15 is 0 Å². The van der Waals surface area contributed by atoms with E-state index in [-0.39, 0.29) is 80.5 Å². The van der Waals surface area contributed by atoms with Gasteiger partial charge < -0.3 is 59.1 Å².